The van der Waals surface area contributed by atoms with Crippen molar-refractivity contribution >= 4 is 23.2 Å². The molecule has 1 aromatic heterocycles. The number of carbonyl (C=O) groups is 1. The predicted octanol–water partition coefficient (Wildman–Crippen LogP) is 3.12. The van der Waals surface area contributed by atoms with Crippen molar-refractivity contribution in [2.75, 3.05) is 17.7 Å². The van der Waals surface area contributed by atoms with Gasteiger partial charge in [-0.15, -0.1) is 0 Å². The van der Waals surface area contributed by atoms with Crippen LogP contribution in [0.2, 0.25) is 0 Å². The molecule has 0 spiro atoms. The summed E-state index contributed by atoms with van der Waals surface area (Å²) in [5, 5.41) is 21.7. The quantitative estimate of drug-likeness (QED) is 0.493. The lowest BCUT2D eigenvalue weighted by atomic mass is 9.93. The van der Waals surface area contributed by atoms with E-state index in [0.717, 1.165) is 0 Å². The summed E-state index contributed by atoms with van der Waals surface area (Å²) in [6.45, 7) is 1.73. The molecule has 1 amide bonds. The number of aromatic nitrogens is 3. The fourth-order valence-corrected chi connectivity index (χ4v) is 3.43. The fourth-order valence-electron chi connectivity index (χ4n) is 3.43. The van der Waals surface area contributed by atoms with Crippen molar-refractivity contribution in [2.45, 2.75) is 13.0 Å². The van der Waals surface area contributed by atoms with Crippen LogP contribution in [0, 0.1) is 10.1 Å². The molecule has 1 aliphatic heterocycles. The maximum absolute atomic E-state index is 13.3. The lowest BCUT2D eigenvalue weighted by Crippen LogP contribution is -2.31. The highest BCUT2D eigenvalue weighted by atomic mass is 16.6. The summed E-state index contributed by atoms with van der Waals surface area (Å²) in [5.41, 5.74) is 1.64. The summed E-state index contributed by atoms with van der Waals surface area (Å²) < 4.78 is 6.60. The molecule has 3 aromatic rings. The van der Waals surface area contributed by atoms with E-state index in [0.29, 0.717) is 34.2 Å². The maximum atomic E-state index is 13.3. The van der Waals surface area contributed by atoms with E-state index in [1.807, 2.05) is 0 Å². The van der Waals surface area contributed by atoms with Crippen LogP contribution < -0.4 is 15.4 Å². The Hall–Kier alpha value is -4.21. The molecule has 0 saturated heterocycles. The molecule has 10 heteroatoms. The number of allylic oxidation sites excluding steroid dienone is 1. The second kappa shape index (κ2) is 7.66. The van der Waals surface area contributed by atoms with E-state index in [1.54, 1.807) is 56.5 Å². The maximum Gasteiger partial charge on any atom is 0.275 e. The Balaban J connectivity index is 1.78. The van der Waals surface area contributed by atoms with Gasteiger partial charge in [0.25, 0.3) is 11.6 Å². The summed E-state index contributed by atoms with van der Waals surface area (Å²) >= 11 is 0. The van der Waals surface area contributed by atoms with E-state index < -0.39 is 16.9 Å². The standard InChI is InChI=1S/C20H18N6O4/c1-12-17(19(27)24-13-7-9-14(30-2)10-8-13)18(25-20(23-12)21-11-22-25)15-5-3-4-6-16(15)26(28)29/h3-11,18H,1-2H3,(H,24,27)(H,21,22,23)/t18-/m0/s1. The molecule has 0 unspecified atom stereocenters. The van der Waals surface area contributed by atoms with Gasteiger partial charge in [-0.2, -0.15) is 10.1 Å². The molecule has 152 valence electrons. The van der Waals surface area contributed by atoms with Gasteiger partial charge < -0.3 is 15.4 Å². The van der Waals surface area contributed by atoms with Gasteiger partial charge in [-0.3, -0.25) is 14.9 Å². The van der Waals surface area contributed by atoms with Gasteiger partial charge in [0.15, 0.2) is 0 Å². The van der Waals surface area contributed by atoms with Crippen molar-refractivity contribution in [3.8, 4) is 5.75 Å². The summed E-state index contributed by atoms with van der Waals surface area (Å²) in [6.07, 6.45) is 1.34. The third kappa shape index (κ3) is 3.34. The van der Waals surface area contributed by atoms with Crippen LogP contribution in [0.3, 0.4) is 0 Å². The van der Waals surface area contributed by atoms with Gasteiger partial charge in [-0.05, 0) is 37.3 Å². The van der Waals surface area contributed by atoms with Gasteiger partial charge in [0.05, 0.1) is 23.2 Å². The molecule has 1 atom stereocenters. The molecule has 10 nitrogen and oxygen atoms in total. The van der Waals surface area contributed by atoms with Crippen LogP contribution in [0.1, 0.15) is 18.5 Å². The molecule has 0 bridgehead atoms. The third-order valence-corrected chi connectivity index (χ3v) is 4.81. The first-order valence-corrected chi connectivity index (χ1v) is 9.05. The van der Waals surface area contributed by atoms with Crippen LogP contribution in [0.4, 0.5) is 17.3 Å². The lowest BCUT2D eigenvalue weighted by Gasteiger charge is -2.28. The Kier molecular flexibility index (Phi) is 4.88. The Morgan fingerprint density at radius 1 is 1.23 bits per heavy atom. The monoisotopic (exact) mass is 406 g/mol. The first-order valence-electron chi connectivity index (χ1n) is 9.05. The number of nitrogens with one attached hydrogen (secondary N) is 2. The first kappa shape index (κ1) is 19.1. The smallest absolute Gasteiger partial charge is 0.275 e. The molecular formula is C20H18N6O4. The van der Waals surface area contributed by atoms with Gasteiger partial charge in [-0.1, -0.05) is 12.1 Å². The van der Waals surface area contributed by atoms with Gasteiger partial charge in [0.2, 0.25) is 5.95 Å². The number of nitro benzene ring substituents is 1. The minimum absolute atomic E-state index is 0.103. The van der Waals surface area contributed by atoms with E-state index in [4.69, 9.17) is 4.74 Å². The first-order chi connectivity index (χ1) is 14.5. The van der Waals surface area contributed by atoms with Crippen molar-refractivity contribution in [3.63, 3.8) is 0 Å². The Morgan fingerprint density at radius 2 is 1.97 bits per heavy atom. The highest BCUT2D eigenvalue weighted by Gasteiger charge is 2.36. The number of hydrogen-bond donors (Lipinski definition) is 2. The van der Waals surface area contributed by atoms with Gasteiger partial charge >= 0.3 is 0 Å². The zero-order chi connectivity index (χ0) is 21.3. The van der Waals surface area contributed by atoms with Crippen LogP contribution in [-0.4, -0.2) is 32.7 Å². The third-order valence-electron chi connectivity index (χ3n) is 4.81. The van der Waals surface area contributed by atoms with Gasteiger partial charge in [0, 0.05) is 17.5 Å². The molecule has 2 aromatic carbocycles. The van der Waals surface area contributed by atoms with Crippen molar-refractivity contribution in [1.82, 2.24) is 14.8 Å². The number of para-hydroxylation sites is 1. The fraction of sp³-hybridized carbons (Fsp3) is 0.150. The van der Waals surface area contributed by atoms with E-state index in [-0.39, 0.29) is 5.69 Å². The zero-order valence-electron chi connectivity index (χ0n) is 16.2. The normalized spacial score (nSPS) is 15.2. The summed E-state index contributed by atoms with van der Waals surface area (Å²) in [7, 11) is 1.56. The Morgan fingerprint density at radius 3 is 2.67 bits per heavy atom. The second-order valence-corrected chi connectivity index (χ2v) is 6.59. The zero-order valence-corrected chi connectivity index (χ0v) is 16.2. The summed E-state index contributed by atoms with van der Waals surface area (Å²) in [4.78, 5) is 28.6. The van der Waals surface area contributed by atoms with Crippen molar-refractivity contribution in [3.05, 3.63) is 81.8 Å². The second-order valence-electron chi connectivity index (χ2n) is 6.59. The summed E-state index contributed by atoms with van der Waals surface area (Å²) in [6, 6.07) is 12.4. The number of fused-ring (bicyclic) bond motifs is 1. The van der Waals surface area contributed by atoms with Crippen molar-refractivity contribution in [1.29, 1.82) is 0 Å². The van der Waals surface area contributed by atoms with Gasteiger partial charge in [0.1, 0.15) is 18.1 Å². The number of anilines is 2. The SMILES string of the molecule is COc1ccc(NC(=O)C2=C(C)Nc3ncnn3[C@H]2c2ccccc2[N+](=O)[O-])cc1. The number of amides is 1. The molecule has 4 rings (SSSR count). The number of rotatable bonds is 5. The number of methoxy groups -OCH3 is 1. The molecular weight excluding hydrogens is 388 g/mol. The minimum atomic E-state index is -0.816. The van der Waals surface area contributed by atoms with Crippen LogP contribution in [-0.2, 0) is 4.79 Å². The average Bonchev–Trinajstić information content (AvgIpc) is 3.21. The average molecular weight is 406 g/mol. The van der Waals surface area contributed by atoms with E-state index >= 15 is 0 Å². The van der Waals surface area contributed by atoms with Crippen LogP contribution in [0.5, 0.6) is 5.75 Å². The summed E-state index contributed by atoms with van der Waals surface area (Å²) in [5.74, 6) is 0.652. The number of ether oxygens (including phenoxy) is 1. The molecule has 0 aliphatic carbocycles. The van der Waals surface area contributed by atoms with E-state index in [9.17, 15) is 14.9 Å². The van der Waals surface area contributed by atoms with Crippen LogP contribution >= 0.6 is 0 Å². The Labute approximate surface area is 171 Å². The largest absolute Gasteiger partial charge is 0.497 e. The van der Waals surface area contributed by atoms with E-state index in [1.165, 1.54) is 17.1 Å². The molecule has 2 N–H and O–H groups in total. The molecule has 2 heterocycles. The van der Waals surface area contributed by atoms with Crippen molar-refractivity contribution in [2.24, 2.45) is 0 Å². The molecule has 0 saturated carbocycles. The van der Waals surface area contributed by atoms with Gasteiger partial charge in [-0.25, -0.2) is 4.68 Å². The molecule has 0 fully saturated rings. The Bertz CT molecular complexity index is 1150. The van der Waals surface area contributed by atoms with E-state index in [2.05, 4.69) is 20.7 Å². The minimum Gasteiger partial charge on any atom is -0.497 e. The number of benzene rings is 2. The molecule has 0 radical (unpaired) electrons. The molecule has 1 aliphatic rings. The highest BCUT2D eigenvalue weighted by Crippen LogP contribution is 2.38. The highest BCUT2D eigenvalue weighted by molar-refractivity contribution is 6.06. The molecule has 30 heavy (non-hydrogen) atoms. The number of nitrogens with zero attached hydrogens (tertiary/aromatic N) is 4. The predicted molar refractivity (Wildman–Crippen MR) is 109 cm³/mol. The van der Waals surface area contributed by atoms with Crippen LogP contribution in [0.25, 0.3) is 0 Å². The number of hydrogen-bond acceptors (Lipinski definition) is 7. The van der Waals surface area contributed by atoms with Crippen molar-refractivity contribution < 1.29 is 14.5 Å². The topological polar surface area (TPSA) is 124 Å². The number of carbonyl (C=O) groups excluding carboxylic acids is 1. The number of nitro groups is 1. The lowest BCUT2D eigenvalue weighted by molar-refractivity contribution is -0.385. The van der Waals surface area contributed by atoms with Crippen LogP contribution in [0.15, 0.2) is 66.1 Å².